The summed E-state index contributed by atoms with van der Waals surface area (Å²) >= 11 is 0. The number of rotatable bonds is 5. The Balaban J connectivity index is 1.71. The molecule has 0 aromatic heterocycles. The highest BCUT2D eigenvalue weighted by Crippen LogP contribution is 2.44. The average molecular weight is 386 g/mol. The molecule has 2 aliphatic rings. The summed E-state index contributed by atoms with van der Waals surface area (Å²) in [7, 11) is 0. The van der Waals surface area contributed by atoms with Gasteiger partial charge in [0.2, 0.25) is 5.91 Å². The molecule has 1 saturated heterocycles. The molecule has 1 aliphatic carbocycles. The maximum absolute atomic E-state index is 12.9. The topological polar surface area (TPSA) is 86.7 Å². The Bertz CT molecular complexity index is 775. The van der Waals surface area contributed by atoms with Gasteiger partial charge in [-0.25, -0.2) is 0 Å². The molecule has 0 spiro atoms. The number of piperidine rings is 1. The first-order valence-electron chi connectivity index (χ1n) is 10.1. The molecule has 2 atom stereocenters. The molecule has 152 valence electrons. The molecule has 28 heavy (non-hydrogen) atoms. The van der Waals surface area contributed by atoms with Gasteiger partial charge in [-0.3, -0.25) is 14.4 Å². The van der Waals surface area contributed by atoms with E-state index < -0.39 is 11.4 Å². The van der Waals surface area contributed by atoms with E-state index in [9.17, 15) is 19.5 Å². The minimum absolute atomic E-state index is 0.0186. The number of anilines is 1. The number of carboxylic acid groups (broad SMARTS) is 1. The number of carboxylic acids is 1. The van der Waals surface area contributed by atoms with Gasteiger partial charge in [-0.05, 0) is 55.7 Å². The normalized spacial score (nSPS) is 23.6. The summed E-state index contributed by atoms with van der Waals surface area (Å²) in [6, 6.07) is 5.34. The van der Waals surface area contributed by atoms with Crippen molar-refractivity contribution in [3.8, 4) is 0 Å². The van der Waals surface area contributed by atoms with E-state index in [0.29, 0.717) is 35.9 Å². The Labute approximate surface area is 166 Å². The zero-order valence-corrected chi connectivity index (χ0v) is 17.0. The first-order chi connectivity index (χ1) is 13.2. The first kappa shape index (κ1) is 20.4. The fraction of sp³-hybridized carbons (Fsp3) is 0.591. The maximum atomic E-state index is 12.9. The molecular weight excluding hydrogens is 356 g/mol. The van der Waals surface area contributed by atoms with Crippen molar-refractivity contribution in [2.24, 2.45) is 17.3 Å². The second kappa shape index (κ2) is 7.94. The van der Waals surface area contributed by atoms with Gasteiger partial charge in [-0.1, -0.05) is 26.3 Å². The van der Waals surface area contributed by atoms with Crippen molar-refractivity contribution in [2.45, 2.75) is 52.9 Å². The van der Waals surface area contributed by atoms with Crippen molar-refractivity contribution in [2.75, 3.05) is 18.4 Å². The fourth-order valence-electron chi connectivity index (χ4n) is 4.47. The van der Waals surface area contributed by atoms with Crippen molar-refractivity contribution >= 4 is 23.5 Å². The Morgan fingerprint density at radius 2 is 1.82 bits per heavy atom. The number of nitrogens with zero attached hydrogens (tertiary/aromatic N) is 1. The highest BCUT2D eigenvalue weighted by atomic mass is 16.4. The van der Waals surface area contributed by atoms with Crippen LogP contribution in [-0.4, -0.2) is 40.9 Å². The second-order valence-corrected chi connectivity index (χ2v) is 8.85. The smallest absolute Gasteiger partial charge is 0.310 e. The predicted molar refractivity (Wildman–Crippen MR) is 107 cm³/mol. The van der Waals surface area contributed by atoms with Crippen LogP contribution in [0.1, 0.15) is 61.9 Å². The molecule has 1 aromatic carbocycles. The molecule has 0 bridgehead atoms. The van der Waals surface area contributed by atoms with Gasteiger partial charge >= 0.3 is 5.97 Å². The minimum Gasteiger partial charge on any atom is -0.481 e. The zero-order valence-electron chi connectivity index (χ0n) is 17.0. The summed E-state index contributed by atoms with van der Waals surface area (Å²) in [6.07, 6.45) is 3.03. The number of hydrogen-bond acceptors (Lipinski definition) is 3. The molecule has 2 fully saturated rings. The van der Waals surface area contributed by atoms with Gasteiger partial charge in [-0.2, -0.15) is 0 Å². The lowest BCUT2D eigenvalue weighted by atomic mass is 9.66. The summed E-state index contributed by atoms with van der Waals surface area (Å²) in [6.45, 7) is 7.69. The molecule has 6 nitrogen and oxygen atoms in total. The fourth-order valence-corrected chi connectivity index (χ4v) is 4.47. The van der Waals surface area contributed by atoms with Crippen LogP contribution in [0.4, 0.5) is 5.69 Å². The number of carbonyl (C=O) groups is 3. The van der Waals surface area contributed by atoms with Crippen LogP contribution in [0.15, 0.2) is 18.2 Å². The molecule has 1 aliphatic heterocycles. The van der Waals surface area contributed by atoms with E-state index >= 15 is 0 Å². The summed E-state index contributed by atoms with van der Waals surface area (Å²) in [5.41, 5.74) is 1.06. The van der Waals surface area contributed by atoms with Crippen molar-refractivity contribution in [1.82, 2.24) is 4.90 Å². The number of aliphatic carboxylic acids is 1. The quantitative estimate of drug-likeness (QED) is 0.808. The Hall–Kier alpha value is -2.37. The van der Waals surface area contributed by atoms with Gasteiger partial charge in [-0.15, -0.1) is 0 Å². The van der Waals surface area contributed by atoms with Crippen LogP contribution >= 0.6 is 0 Å². The number of aryl methyl sites for hydroxylation is 1. The Morgan fingerprint density at radius 3 is 2.36 bits per heavy atom. The second-order valence-electron chi connectivity index (χ2n) is 8.85. The van der Waals surface area contributed by atoms with Gasteiger partial charge in [0, 0.05) is 30.8 Å². The number of carbonyl (C=O) groups excluding carboxylic acids is 2. The van der Waals surface area contributed by atoms with Crippen LogP contribution in [0.25, 0.3) is 0 Å². The van der Waals surface area contributed by atoms with Crippen molar-refractivity contribution in [3.05, 3.63) is 29.3 Å². The highest BCUT2D eigenvalue weighted by molar-refractivity contribution is 5.99. The number of hydrogen-bond donors (Lipinski definition) is 2. The number of likely N-dealkylation sites (tertiary alicyclic amines) is 1. The van der Waals surface area contributed by atoms with E-state index in [2.05, 4.69) is 19.2 Å². The molecule has 1 heterocycles. The summed E-state index contributed by atoms with van der Waals surface area (Å²) < 4.78 is 0. The maximum Gasteiger partial charge on any atom is 0.310 e. The summed E-state index contributed by atoms with van der Waals surface area (Å²) in [5.74, 6) is -0.271. The third kappa shape index (κ3) is 4.21. The lowest BCUT2D eigenvalue weighted by molar-refractivity contribution is -0.157. The average Bonchev–Trinajstić information content (AvgIpc) is 2.58. The molecule has 0 radical (unpaired) electrons. The van der Waals surface area contributed by atoms with E-state index in [4.69, 9.17) is 0 Å². The molecule has 2 amide bonds. The Morgan fingerprint density at radius 1 is 1.18 bits per heavy atom. The SMILES string of the molecule is Cc1ccc(C(=O)N2CC(C)CC(C)C2)cc1NC(=O)CC1(C(=O)O)CCC1. The van der Waals surface area contributed by atoms with Gasteiger partial charge in [0.25, 0.3) is 5.91 Å². The molecule has 1 aromatic rings. The Kier molecular flexibility index (Phi) is 5.77. The molecule has 6 heteroatoms. The van der Waals surface area contributed by atoms with Gasteiger partial charge in [0.1, 0.15) is 0 Å². The third-order valence-corrected chi connectivity index (χ3v) is 6.18. The van der Waals surface area contributed by atoms with Crippen LogP contribution in [0, 0.1) is 24.2 Å². The van der Waals surface area contributed by atoms with E-state index in [1.807, 2.05) is 17.9 Å². The molecular formula is C22H30N2O4. The van der Waals surface area contributed by atoms with Crippen LogP contribution in [0.5, 0.6) is 0 Å². The van der Waals surface area contributed by atoms with Crippen LogP contribution in [0.3, 0.4) is 0 Å². The molecule has 2 N–H and O–H groups in total. The van der Waals surface area contributed by atoms with Gasteiger partial charge < -0.3 is 15.3 Å². The molecule has 1 saturated carbocycles. The van der Waals surface area contributed by atoms with E-state index in [1.165, 1.54) is 0 Å². The monoisotopic (exact) mass is 386 g/mol. The predicted octanol–water partition coefficient (Wildman–Crippen LogP) is 3.70. The van der Waals surface area contributed by atoms with Gasteiger partial charge in [0.05, 0.1) is 5.41 Å². The highest BCUT2D eigenvalue weighted by Gasteiger charge is 2.45. The van der Waals surface area contributed by atoms with Crippen molar-refractivity contribution < 1.29 is 19.5 Å². The number of nitrogens with one attached hydrogen (secondary N) is 1. The molecule has 3 rings (SSSR count). The summed E-state index contributed by atoms with van der Waals surface area (Å²) in [4.78, 5) is 38.8. The van der Waals surface area contributed by atoms with Crippen LogP contribution in [-0.2, 0) is 9.59 Å². The number of amides is 2. The number of benzene rings is 1. The van der Waals surface area contributed by atoms with E-state index in [-0.39, 0.29) is 18.2 Å². The lowest BCUT2D eigenvalue weighted by Gasteiger charge is -2.37. The van der Waals surface area contributed by atoms with Gasteiger partial charge in [0.15, 0.2) is 0 Å². The van der Waals surface area contributed by atoms with Crippen LogP contribution < -0.4 is 5.32 Å². The first-order valence-corrected chi connectivity index (χ1v) is 10.1. The van der Waals surface area contributed by atoms with Crippen molar-refractivity contribution in [3.63, 3.8) is 0 Å². The van der Waals surface area contributed by atoms with Crippen LogP contribution in [0.2, 0.25) is 0 Å². The minimum atomic E-state index is -0.925. The zero-order chi connectivity index (χ0) is 20.5. The standard InChI is InChI=1S/C22H30N2O4/c1-14-9-15(2)13-24(12-14)20(26)17-6-5-16(3)18(10-17)23-19(25)11-22(21(27)28)7-4-8-22/h5-6,10,14-15H,4,7-9,11-13H2,1-3H3,(H,23,25)(H,27,28). The summed E-state index contributed by atoms with van der Waals surface area (Å²) in [5, 5.41) is 12.3. The molecule has 2 unspecified atom stereocenters. The lowest BCUT2D eigenvalue weighted by Crippen LogP contribution is -2.42. The van der Waals surface area contributed by atoms with Crippen molar-refractivity contribution in [1.29, 1.82) is 0 Å². The third-order valence-electron chi connectivity index (χ3n) is 6.18. The van der Waals surface area contributed by atoms with E-state index in [1.54, 1.807) is 12.1 Å². The largest absolute Gasteiger partial charge is 0.481 e. The van der Waals surface area contributed by atoms with E-state index in [0.717, 1.165) is 31.5 Å².